The van der Waals surface area contributed by atoms with Crippen LogP contribution in [-0.2, 0) is 11.2 Å². The number of ether oxygens (including phenoxy) is 1. The highest BCUT2D eigenvalue weighted by molar-refractivity contribution is 5.77. The number of nitrogens with zero attached hydrogens (tertiary/aromatic N) is 1. The van der Waals surface area contributed by atoms with Crippen LogP contribution in [0.1, 0.15) is 38.7 Å². The summed E-state index contributed by atoms with van der Waals surface area (Å²) in [5.41, 5.74) is 6.98. The zero-order chi connectivity index (χ0) is 15.9. The average Bonchev–Trinajstić information content (AvgIpc) is 2.53. The topological polar surface area (TPSA) is 55.6 Å². The third-order valence-corrected chi connectivity index (χ3v) is 4.56. The number of carbonyl (C=O) groups excluding carboxylic acids is 1. The molecule has 1 saturated heterocycles. The zero-order valence-electron chi connectivity index (χ0n) is 13.8. The Morgan fingerprint density at radius 2 is 2.18 bits per heavy atom. The Hall–Kier alpha value is -1.55. The van der Waals surface area contributed by atoms with Crippen molar-refractivity contribution in [3.63, 3.8) is 0 Å². The van der Waals surface area contributed by atoms with Gasteiger partial charge in [0, 0.05) is 25.6 Å². The second-order valence-electron chi connectivity index (χ2n) is 6.05. The molecule has 1 heterocycles. The minimum absolute atomic E-state index is 0.198. The van der Waals surface area contributed by atoms with E-state index in [0.29, 0.717) is 25.5 Å². The summed E-state index contributed by atoms with van der Waals surface area (Å²) in [7, 11) is 0. The van der Waals surface area contributed by atoms with E-state index < -0.39 is 0 Å². The lowest BCUT2D eigenvalue weighted by molar-refractivity contribution is -0.136. The van der Waals surface area contributed by atoms with Crippen molar-refractivity contribution in [2.45, 2.75) is 45.6 Å². The van der Waals surface area contributed by atoms with E-state index in [1.807, 2.05) is 36.1 Å². The number of hydrogen-bond acceptors (Lipinski definition) is 3. The van der Waals surface area contributed by atoms with Gasteiger partial charge in [-0.1, -0.05) is 25.1 Å². The Morgan fingerprint density at radius 3 is 2.91 bits per heavy atom. The highest BCUT2D eigenvalue weighted by Gasteiger charge is 2.30. The Kier molecular flexibility index (Phi) is 6.25. The van der Waals surface area contributed by atoms with Gasteiger partial charge in [-0.15, -0.1) is 0 Å². The van der Waals surface area contributed by atoms with Gasteiger partial charge in [0.15, 0.2) is 0 Å². The number of para-hydroxylation sites is 1. The summed E-state index contributed by atoms with van der Waals surface area (Å²) < 4.78 is 5.63. The van der Waals surface area contributed by atoms with Gasteiger partial charge in [-0.05, 0) is 43.7 Å². The molecule has 0 unspecified atom stereocenters. The molecule has 0 saturated carbocycles. The lowest BCUT2D eigenvalue weighted by Gasteiger charge is -2.39. The normalized spacial score (nSPS) is 21.7. The van der Waals surface area contributed by atoms with Gasteiger partial charge < -0.3 is 15.4 Å². The number of rotatable bonds is 6. The molecular weight excluding hydrogens is 276 g/mol. The van der Waals surface area contributed by atoms with Crippen LogP contribution in [0.5, 0.6) is 5.75 Å². The van der Waals surface area contributed by atoms with Gasteiger partial charge in [-0.3, -0.25) is 4.79 Å². The maximum Gasteiger partial charge on any atom is 0.223 e. The van der Waals surface area contributed by atoms with Crippen molar-refractivity contribution in [2.24, 2.45) is 11.7 Å². The first-order valence-electron chi connectivity index (χ1n) is 8.37. The van der Waals surface area contributed by atoms with Crippen molar-refractivity contribution in [1.82, 2.24) is 4.90 Å². The molecule has 22 heavy (non-hydrogen) atoms. The second-order valence-corrected chi connectivity index (χ2v) is 6.05. The summed E-state index contributed by atoms with van der Waals surface area (Å²) in [6.07, 6.45) is 3.49. The van der Waals surface area contributed by atoms with E-state index in [1.165, 1.54) is 6.42 Å². The number of likely N-dealkylation sites (tertiary alicyclic amines) is 1. The Bertz CT molecular complexity index is 490. The monoisotopic (exact) mass is 304 g/mol. The molecule has 4 nitrogen and oxygen atoms in total. The molecule has 1 fully saturated rings. The highest BCUT2D eigenvalue weighted by atomic mass is 16.5. The molecular formula is C18H28N2O2. The van der Waals surface area contributed by atoms with E-state index >= 15 is 0 Å². The lowest BCUT2D eigenvalue weighted by Crippen LogP contribution is -2.51. The maximum atomic E-state index is 12.6. The zero-order valence-corrected chi connectivity index (χ0v) is 13.8. The number of benzene rings is 1. The first kappa shape index (κ1) is 16.8. The minimum Gasteiger partial charge on any atom is -0.494 e. The van der Waals surface area contributed by atoms with Gasteiger partial charge in [0.1, 0.15) is 5.75 Å². The summed E-state index contributed by atoms with van der Waals surface area (Å²) in [5.74, 6) is 1.60. The van der Waals surface area contributed by atoms with E-state index in [2.05, 4.69) is 6.92 Å². The maximum absolute atomic E-state index is 12.6. The number of amides is 1. The molecule has 0 aromatic heterocycles. The number of carbonyl (C=O) groups is 1. The first-order valence-corrected chi connectivity index (χ1v) is 8.37. The van der Waals surface area contributed by atoms with Crippen molar-refractivity contribution < 1.29 is 9.53 Å². The standard InChI is InChI=1S/C18H28N2O2/c1-3-22-17-9-5-4-8-15(17)10-11-18(21)20-12-6-7-14(2)16(20)13-19/h4-5,8-9,14,16H,3,6-7,10-13,19H2,1-2H3/t14-,16+/m0/s1. The van der Waals surface area contributed by atoms with E-state index in [9.17, 15) is 4.79 Å². The Labute approximate surface area is 133 Å². The fourth-order valence-corrected chi connectivity index (χ4v) is 3.31. The third kappa shape index (κ3) is 4.01. The van der Waals surface area contributed by atoms with E-state index in [1.54, 1.807) is 0 Å². The molecule has 1 amide bonds. The van der Waals surface area contributed by atoms with Gasteiger partial charge >= 0.3 is 0 Å². The molecule has 4 heteroatoms. The van der Waals surface area contributed by atoms with Crippen molar-refractivity contribution in [1.29, 1.82) is 0 Å². The fourth-order valence-electron chi connectivity index (χ4n) is 3.31. The van der Waals surface area contributed by atoms with E-state index in [4.69, 9.17) is 10.5 Å². The van der Waals surface area contributed by atoms with Crippen LogP contribution in [0.3, 0.4) is 0 Å². The Morgan fingerprint density at radius 1 is 1.41 bits per heavy atom. The molecule has 0 spiro atoms. The predicted octanol–water partition coefficient (Wildman–Crippen LogP) is 2.60. The van der Waals surface area contributed by atoms with Crippen LogP contribution in [-0.4, -0.2) is 36.5 Å². The minimum atomic E-state index is 0.198. The SMILES string of the molecule is CCOc1ccccc1CCC(=O)N1CCC[C@H](C)[C@H]1CN. The molecule has 0 bridgehead atoms. The molecule has 2 atom stereocenters. The second kappa shape index (κ2) is 8.18. The number of aryl methyl sites for hydroxylation is 1. The molecule has 1 aromatic carbocycles. The molecule has 1 aliphatic heterocycles. The molecule has 1 aliphatic rings. The third-order valence-electron chi connectivity index (χ3n) is 4.56. The molecule has 0 aliphatic carbocycles. The highest BCUT2D eigenvalue weighted by Crippen LogP contribution is 2.25. The van der Waals surface area contributed by atoms with Crippen LogP contribution in [0.15, 0.2) is 24.3 Å². The van der Waals surface area contributed by atoms with Crippen LogP contribution in [0.4, 0.5) is 0 Å². The van der Waals surface area contributed by atoms with Gasteiger partial charge in [-0.25, -0.2) is 0 Å². The summed E-state index contributed by atoms with van der Waals surface area (Å²) in [6, 6.07) is 8.16. The first-order chi connectivity index (χ1) is 10.7. The van der Waals surface area contributed by atoms with Crippen molar-refractivity contribution in [3.8, 4) is 5.75 Å². The van der Waals surface area contributed by atoms with Crippen LogP contribution >= 0.6 is 0 Å². The van der Waals surface area contributed by atoms with Crippen molar-refractivity contribution in [3.05, 3.63) is 29.8 Å². The summed E-state index contributed by atoms with van der Waals surface area (Å²) in [4.78, 5) is 14.6. The van der Waals surface area contributed by atoms with Crippen LogP contribution in [0, 0.1) is 5.92 Å². The smallest absolute Gasteiger partial charge is 0.223 e. The predicted molar refractivity (Wildman–Crippen MR) is 88.9 cm³/mol. The Balaban J connectivity index is 1.97. The van der Waals surface area contributed by atoms with Crippen LogP contribution < -0.4 is 10.5 Å². The number of nitrogens with two attached hydrogens (primary N) is 1. The molecule has 122 valence electrons. The quantitative estimate of drug-likeness (QED) is 0.879. The van der Waals surface area contributed by atoms with Gasteiger partial charge in [0.2, 0.25) is 5.91 Å². The fraction of sp³-hybridized carbons (Fsp3) is 0.611. The molecule has 2 N–H and O–H groups in total. The lowest BCUT2D eigenvalue weighted by atomic mass is 9.90. The molecule has 0 radical (unpaired) electrons. The van der Waals surface area contributed by atoms with Crippen molar-refractivity contribution >= 4 is 5.91 Å². The number of hydrogen-bond donors (Lipinski definition) is 1. The van der Waals surface area contributed by atoms with Crippen LogP contribution in [0.2, 0.25) is 0 Å². The van der Waals surface area contributed by atoms with Gasteiger partial charge in [0.25, 0.3) is 0 Å². The van der Waals surface area contributed by atoms with E-state index in [0.717, 1.165) is 30.7 Å². The summed E-state index contributed by atoms with van der Waals surface area (Å²) in [5, 5.41) is 0. The molecule has 1 aromatic rings. The van der Waals surface area contributed by atoms with Gasteiger partial charge in [-0.2, -0.15) is 0 Å². The average molecular weight is 304 g/mol. The largest absolute Gasteiger partial charge is 0.494 e. The number of piperidine rings is 1. The van der Waals surface area contributed by atoms with Crippen LogP contribution in [0.25, 0.3) is 0 Å². The molecule has 2 rings (SSSR count). The summed E-state index contributed by atoms with van der Waals surface area (Å²) in [6.45, 7) is 6.22. The van der Waals surface area contributed by atoms with Crippen molar-refractivity contribution in [2.75, 3.05) is 19.7 Å². The summed E-state index contributed by atoms with van der Waals surface area (Å²) >= 11 is 0. The van der Waals surface area contributed by atoms with E-state index in [-0.39, 0.29) is 11.9 Å². The van der Waals surface area contributed by atoms with Gasteiger partial charge in [0.05, 0.1) is 6.61 Å².